The van der Waals surface area contributed by atoms with Gasteiger partial charge in [0.1, 0.15) is 0 Å². The lowest BCUT2D eigenvalue weighted by atomic mass is 10.2. The molecule has 94 valence electrons. The van der Waals surface area contributed by atoms with Gasteiger partial charge in [-0.2, -0.15) is 0 Å². The van der Waals surface area contributed by atoms with Gasteiger partial charge in [0, 0.05) is 3.57 Å². The van der Waals surface area contributed by atoms with Crippen molar-refractivity contribution in [2.75, 3.05) is 11.1 Å². The zero-order valence-electron chi connectivity index (χ0n) is 8.98. The number of rotatable bonds is 2. The zero-order chi connectivity index (χ0) is 13.3. The maximum Gasteiger partial charge on any atom is 0.0651 e. The summed E-state index contributed by atoms with van der Waals surface area (Å²) >= 11 is 20.2. The number of halogens is 4. The second-order valence-electron chi connectivity index (χ2n) is 3.60. The molecular weight excluding hydrogens is 405 g/mol. The van der Waals surface area contributed by atoms with Crippen LogP contribution in [0, 0.1) is 3.57 Å². The highest BCUT2D eigenvalue weighted by molar-refractivity contribution is 14.1. The van der Waals surface area contributed by atoms with E-state index in [0.717, 1.165) is 9.26 Å². The molecule has 0 radical (unpaired) electrons. The normalized spacial score (nSPS) is 10.4. The molecule has 0 unspecified atom stereocenters. The molecule has 2 aromatic rings. The molecule has 2 aromatic carbocycles. The first-order chi connectivity index (χ1) is 8.47. The van der Waals surface area contributed by atoms with Crippen LogP contribution in [0.25, 0.3) is 0 Å². The van der Waals surface area contributed by atoms with Gasteiger partial charge in [-0.1, -0.05) is 34.8 Å². The minimum Gasteiger partial charge on any atom is -0.397 e. The lowest BCUT2D eigenvalue weighted by molar-refractivity contribution is 1.53. The van der Waals surface area contributed by atoms with Crippen LogP contribution in [-0.2, 0) is 0 Å². The molecule has 3 N–H and O–H groups in total. The van der Waals surface area contributed by atoms with Crippen LogP contribution < -0.4 is 11.1 Å². The molecule has 0 spiro atoms. The highest BCUT2D eigenvalue weighted by Gasteiger charge is 2.07. The van der Waals surface area contributed by atoms with Crippen molar-refractivity contribution in [1.82, 2.24) is 0 Å². The Morgan fingerprint density at radius 3 is 2.22 bits per heavy atom. The summed E-state index contributed by atoms with van der Waals surface area (Å²) in [6, 6.07) is 8.97. The van der Waals surface area contributed by atoms with Gasteiger partial charge in [0.25, 0.3) is 0 Å². The van der Waals surface area contributed by atoms with Gasteiger partial charge in [-0.15, -0.1) is 0 Å². The first-order valence-electron chi connectivity index (χ1n) is 4.94. The topological polar surface area (TPSA) is 38.0 Å². The second kappa shape index (κ2) is 5.74. The fourth-order valence-electron chi connectivity index (χ4n) is 1.41. The van der Waals surface area contributed by atoms with E-state index in [-0.39, 0.29) is 0 Å². The van der Waals surface area contributed by atoms with E-state index in [9.17, 15) is 0 Å². The molecule has 0 saturated heterocycles. The maximum absolute atomic E-state index is 6.14. The summed E-state index contributed by atoms with van der Waals surface area (Å²) < 4.78 is 1.06. The van der Waals surface area contributed by atoms with Crippen molar-refractivity contribution in [2.24, 2.45) is 0 Å². The fourth-order valence-corrected chi connectivity index (χ4v) is 2.65. The maximum atomic E-state index is 6.14. The minimum absolute atomic E-state index is 0.424. The summed E-state index contributed by atoms with van der Waals surface area (Å²) in [6.45, 7) is 0. The first kappa shape index (κ1) is 14.1. The van der Waals surface area contributed by atoms with Crippen LogP contribution in [0.5, 0.6) is 0 Å². The number of nitrogens with one attached hydrogen (secondary N) is 1. The van der Waals surface area contributed by atoms with E-state index < -0.39 is 0 Å². The van der Waals surface area contributed by atoms with Crippen molar-refractivity contribution in [1.29, 1.82) is 0 Å². The SMILES string of the molecule is Nc1cc(Cl)c(Cl)cc1Nc1ccc(I)cc1Cl. The van der Waals surface area contributed by atoms with E-state index in [1.54, 1.807) is 12.1 Å². The van der Waals surface area contributed by atoms with Crippen molar-refractivity contribution in [3.63, 3.8) is 0 Å². The highest BCUT2D eigenvalue weighted by atomic mass is 127. The average molecular weight is 413 g/mol. The monoisotopic (exact) mass is 412 g/mol. The molecule has 0 atom stereocenters. The van der Waals surface area contributed by atoms with Gasteiger partial charge in [0.05, 0.1) is 32.1 Å². The Bertz CT molecular complexity index is 602. The van der Waals surface area contributed by atoms with Crippen LogP contribution in [0.1, 0.15) is 0 Å². The number of hydrogen-bond donors (Lipinski definition) is 2. The molecule has 0 aliphatic heterocycles. The van der Waals surface area contributed by atoms with Gasteiger partial charge in [-0.3, -0.25) is 0 Å². The summed E-state index contributed by atoms with van der Waals surface area (Å²) in [5, 5.41) is 4.61. The number of nitrogens with two attached hydrogens (primary N) is 1. The number of anilines is 3. The minimum atomic E-state index is 0.424. The standard InChI is InChI=1S/C12H8Cl3IN2/c13-7-4-10(17)12(5-8(7)14)18-11-2-1-6(16)3-9(11)15/h1-5,18H,17H2. The molecule has 2 rings (SSSR count). The van der Waals surface area contributed by atoms with Crippen molar-refractivity contribution in [3.8, 4) is 0 Å². The molecule has 0 heterocycles. The second-order valence-corrected chi connectivity index (χ2v) is 6.07. The molecule has 0 saturated carbocycles. The molecule has 0 aromatic heterocycles. The first-order valence-corrected chi connectivity index (χ1v) is 7.15. The number of hydrogen-bond acceptors (Lipinski definition) is 2. The summed E-state index contributed by atoms with van der Waals surface area (Å²) in [7, 11) is 0. The van der Waals surface area contributed by atoms with E-state index in [4.69, 9.17) is 40.5 Å². The Kier molecular flexibility index (Phi) is 4.48. The molecule has 0 aliphatic carbocycles. The lowest BCUT2D eigenvalue weighted by Gasteiger charge is -2.12. The Morgan fingerprint density at radius 1 is 0.889 bits per heavy atom. The Balaban J connectivity index is 2.37. The van der Waals surface area contributed by atoms with Crippen LogP contribution >= 0.6 is 57.4 Å². The molecular formula is C12H8Cl3IN2. The van der Waals surface area contributed by atoms with Crippen molar-refractivity contribution < 1.29 is 0 Å². The average Bonchev–Trinajstić information content (AvgIpc) is 2.29. The van der Waals surface area contributed by atoms with Gasteiger partial charge >= 0.3 is 0 Å². The third-order valence-electron chi connectivity index (χ3n) is 2.29. The summed E-state index contributed by atoms with van der Waals surface area (Å²) in [6.07, 6.45) is 0. The Hall–Kier alpha value is -0.360. The van der Waals surface area contributed by atoms with Crippen LogP contribution in [0.3, 0.4) is 0 Å². The van der Waals surface area contributed by atoms with Crippen molar-refractivity contribution in [3.05, 3.63) is 49.0 Å². The quantitative estimate of drug-likeness (QED) is 0.498. The van der Waals surface area contributed by atoms with E-state index >= 15 is 0 Å². The predicted molar refractivity (Wildman–Crippen MR) is 88.3 cm³/mol. The van der Waals surface area contributed by atoms with Gasteiger partial charge in [0.15, 0.2) is 0 Å². The van der Waals surface area contributed by atoms with Crippen LogP contribution in [0.4, 0.5) is 17.1 Å². The van der Waals surface area contributed by atoms with Gasteiger partial charge in [0.2, 0.25) is 0 Å². The Morgan fingerprint density at radius 2 is 1.56 bits per heavy atom. The third-order valence-corrected chi connectivity index (χ3v) is 4.00. The highest BCUT2D eigenvalue weighted by Crippen LogP contribution is 2.34. The van der Waals surface area contributed by atoms with Crippen LogP contribution in [0.15, 0.2) is 30.3 Å². The molecule has 0 fully saturated rings. The summed E-state index contributed by atoms with van der Waals surface area (Å²) in [5.74, 6) is 0. The molecule has 2 nitrogen and oxygen atoms in total. The molecule has 6 heteroatoms. The predicted octanol–water partition coefficient (Wildman–Crippen LogP) is 5.58. The largest absolute Gasteiger partial charge is 0.397 e. The Labute approximate surface area is 134 Å². The fraction of sp³-hybridized carbons (Fsp3) is 0. The summed E-state index contributed by atoms with van der Waals surface area (Å²) in [5.41, 5.74) is 7.82. The van der Waals surface area contributed by atoms with Gasteiger partial charge in [-0.05, 0) is 52.9 Å². The van der Waals surface area contributed by atoms with E-state index in [2.05, 4.69) is 27.9 Å². The third kappa shape index (κ3) is 3.15. The molecule has 0 aliphatic rings. The molecule has 0 amide bonds. The van der Waals surface area contributed by atoms with Crippen molar-refractivity contribution in [2.45, 2.75) is 0 Å². The number of nitrogen functional groups attached to an aromatic ring is 1. The lowest BCUT2D eigenvalue weighted by Crippen LogP contribution is -1.97. The van der Waals surface area contributed by atoms with Crippen LogP contribution in [0.2, 0.25) is 15.1 Å². The molecule has 18 heavy (non-hydrogen) atoms. The van der Waals surface area contributed by atoms with Gasteiger partial charge < -0.3 is 11.1 Å². The summed E-state index contributed by atoms with van der Waals surface area (Å²) in [4.78, 5) is 0. The smallest absolute Gasteiger partial charge is 0.0651 e. The van der Waals surface area contributed by atoms with Crippen molar-refractivity contribution >= 4 is 74.5 Å². The van der Waals surface area contributed by atoms with E-state index in [1.165, 1.54) is 0 Å². The zero-order valence-corrected chi connectivity index (χ0v) is 13.4. The van der Waals surface area contributed by atoms with Gasteiger partial charge in [-0.25, -0.2) is 0 Å². The van der Waals surface area contributed by atoms with E-state index in [0.29, 0.717) is 26.4 Å². The number of benzene rings is 2. The molecule has 0 bridgehead atoms. The van der Waals surface area contributed by atoms with E-state index in [1.807, 2.05) is 18.2 Å². The van der Waals surface area contributed by atoms with Crippen LogP contribution in [-0.4, -0.2) is 0 Å².